The Labute approximate surface area is 91.6 Å². The number of fused-ring (bicyclic) bond motifs is 1. The highest BCUT2D eigenvalue weighted by Crippen LogP contribution is 2.30. The van der Waals surface area contributed by atoms with E-state index in [9.17, 15) is 0 Å². The SMILES string of the molecule is Cc1ccc2c(CN)c(C)[nH]c2c1Br. The van der Waals surface area contributed by atoms with Crippen molar-refractivity contribution >= 4 is 26.8 Å². The van der Waals surface area contributed by atoms with E-state index < -0.39 is 0 Å². The minimum Gasteiger partial charge on any atom is -0.357 e. The lowest BCUT2D eigenvalue weighted by Crippen LogP contribution is -1.96. The van der Waals surface area contributed by atoms with Gasteiger partial charge in [0.05, 0.1) is 5.52 Å². The first-order valence-electron chi connectivity index (χ1n) is 4.61. The number of nitrogens with two attached hydrogens (primary N) is 1. The molecule has 2 aromatic rings. The summed E-state index contributed by atoms with van der Waals surface area (Å²) >= 11 is 3.59. The molecule has 0 spiro atoms. The van der Waals surface area contributed by atoms with Crippen LogP contribution < -0.4 is 5.73 Å². The molecule has 0 radical (unpaired) electrons. The fraction of sp³-hybridized carbons (Fsp3) is 0.273. The number of H-pyrrole nitrogens is 1. The summed E-state index contributed by atoms with van der Waals surface area (Å²) in [7, 11) is 0. The zero-order valence-corrected chi connectivity index (χ0v) is 9.90. The van der Waals surface area contributed by atoms with Gasteiger partial charge in [-0.1, -0.05) is 12.1 Å². The van der Waals surface area contributed by atoms with Crippen molar-refractivity contribution in [2.75, 3.05) is 0 Å². The largest absolute Gasteiger partial charge is 0.357 e. The van der Waals surface area contributed by atoms with Gasteiger partial charge in [0.25, 0.3) is 0 Å². The summed E-state index contributed by atoms with van der Waals surface area (Å²) in [5, 5.41) is 1.22. The second-order valence-electron chi connectivity index (χ2n) is 3.55. The Morgan fingerprint density at radius 1 is 1.36 bits per heavy atom. The lowest BCUT2D eigenvalue weighted by atomic mass is 10.1. The molecule has 0 saturated carbocycles. The van der Waals surface area contributed by atoms with Crippen molar-refractivity contribution in [2.45, 2.75) is 20.4 Å². The molecule has 1 aromatic heterocycles. The first kappa shape index (κ1) is 9.74. The number of benzene rings is 1. The number of halogens is 1. The van der Waals surface area contributed by atoms with Crippen LogP contribution in [0.25, 0.3) is 10.9 Å². The van der Waals surface area contributed by atoms with Crippen molar-refractivity contribution in [3.05, 3.63) is 33.4 Å². The van der Waals surface area contributed by atoms with Crippen molar-refractivity contribution in [3.63, 3.8) is 0 Å². The molecule has 74 valence electrons. The van der Waals surface area contributed by atoms with Crippen LogP contribution in [0.5, 0.6) is 0 Å². The van der Waals surface area contributed by atoms with Gasteiger partial charge in [0, 0.05) is 22.1 Å². The van der Waals surface area contributed by atoms with Gasteiger partial charge in [0.15, 0.2) is 0 Å². The molecule has 0 unspecified atom stereocenters. The predicted molar refractivity (Wildman–Crippen MR) is 63.4 cm³/mol. The third kappa shape index (κ3) is 1.28. The van der Waals surface area contributed by atoms with Gasteiger partial charge in [0.2, 0.25) is 0 Å². The number of rotatable bonds is 1. The molecule has 0 amide bonds. The highest BCUT2D eigenvalue weighted by molar-refractivity contribution is 9.10. The topological polar surface area (TPSA) is 41.8 Å². The summed E-state index contributed by atoms with van der Waals surface area (Å²) in [6.07, 6.45) is 0. The summed E-state index contributed by atoms with van der Waals surface area (Å²) in [5.74, 6) is 0. The molecule has 0 aliphatic carbocycles. The second kappa shape index (κ2) is 3.41. The summed E-state index contributed by atoms with van der Waals surface area (Å²) in [4.78, 5) is 3.36. The fourth-order valence-electron chi connectivity index (χ4n) is 1.78. The van der Waals surface area contributed by atoms with E-state index in [-0.39, 0.29) is 0 Å². The van der Waals surface area contributed by atoms with E-state index in [1.54, 1.807) is 0 Å². The van der Waals surface area contributed by atoms with Crippen LogP contribution in [0.15, 0.2) is 16.6 Å². The summed E-state index contributed by atoms with van der Waals surface area (Å²) in [6.45, 7) is 4.73. The molecule has 2 nitrogen and oxygen atoms in total. The van der Waals surface area contributed by atoms with Crippen LogP contribution >= 0.6 is 15.9 Å². The molecule has 0 bridgehead atoms. The van der Waals surface area contributed by atoms with E-state index in [0.29, 0.717) is 6.54 Å². The molecular weight excluding hydrogens is 240 g/mol. The van der Waals surface area contributed by atoms with E-state index in [1.807, 2.05) is 0 Å². The average molecular weight is 253 g/mol. The van der Waals surface area contributed by atoms with Crippen LogP contribution in [-0.2, 0) is 6.54 Å². The fourth-order valence-corrected chi connectivity index (χ4v) is 2.23. The van der Waals surface area contributed by atoms with Crippen molar-refractivity contribution in [3.8, 4) is 0 Å². The third-order valence-corrected chi connectivity index (χ3v) is 3.65. The normalized spacial score (nSPS) is 11.1. The lowest BCUT2D eigenvalue weighted by molar-refractivity contribution is 1.05. The maximum Gasteiger partial charge on any atom is 0.0606 e. The third-order valence-electron chi connectivity index (χ3n) is 2.63. The van der Waals surface area contributed by atoms with E-state index in [1.165, 1.54) is 16.5 Å². The zero-order valence-electron chi connectivity index (χ0n) is 8.32. The Morgan fingerprint density at radius 3 is 2.71 bits per heavy atom. The number of aromatic nitrogens is 1. The summed E-state index contributed by atoms with van der Waals surface area (Å²) in [5.41, 5.74) is 10.5. The highest BCUT2D eigenvalue weighted by Gasteiger charge is 2.09. The Bertz CT molecular complexity index is 485. The minimum atomic E-state index is 0.585. The lowest BCUT2D eigenvalue weighted by Gasteiger charge is -2.00. The maximum atomic E-state index is 5.71. The van der Waals surface area contributed by atoms with E-state index >= 15 is 0 Å². The van der Waals surface area contributed by atoms with Gasteiger partial charge in [-0.2, -0.15) is 0 Å². The molecule has 1 aromatic carbocycles. The van der Waals surface area contributed by atoms with Crippen LogP contribution in [0.3, 0.4) is 0 Å². The number of aromatic amines is 1. The minimum absolute atomic E-state index is 0.585. The Hall–Kier alpha value is -0.800. The van der Waals surface area contributed by atoms with Crippen LogP contribution in [0.4, 0.5) is 0 Å². The average Bonchev–Trinajstić information content (AvgIpc) is 2.49. The molecule has 0 saturated heterocycles. The highest BCUT2D eigenvalue weighted by atomic mass is 79.9. The monoisotopic (exact) mass is 252 g/mol. The second-order valence-corrected chi connectivity index (χ2v) is 4.34. The Morgan fingerprint density at radius 2 is 2.07 bits per heavy atom. The summed E-state index contributed by atoms with van der Waals surface area (Å²) in [6, 6.07) is 4.24. The van der Waals surface area contributed by atoms with Crippen LogP contribution in [0.2, 0.25) is 0 Å². The zero-order chi connectivity index (χ0) is 10.3. The molecule has 2 rings (SSSR count). The number of aryl methyl sites for hydroxylation is 2. The predicted octanol–water partition coefficient (Wildman–Crippen LogP) is 3.01. The van der Waals surface area contributed by atoms with Crippen molar-refractivity contribution in [1.29, 1.82) is 0 Å². The number of hydrogen-bond donors (Lipinski definition) is 2. The standard InChI is InChI=1S/C11H13BrN2/c1-6-3-4-8-9(5-13)7(2)14-11(8)10(6)12/h3-4,14H,5,13H2,1-2H3. The van der Waals surface area contributed by atoms with E-state index in [4.69, 9.17) is 5.73 Å². The number of hydrogen-bond acceptors (Lipinski definition) is 1. The first-order chi connectivity index (χ1) is 6.65. The molecule has 0 aliphatic rings. The van der Waals surface area contributed by atoms with Crippen LogP contribution in [0, 0.1) is 13.8 Å². The van der Waals surface area contributed by atoms with Gasteiger partial charge < -0.3 is 10.7 Å². The van der Waals surface area contributed by atoms with Gasteiger partial charge in [0.1, 0.15) is 0 Å². The molecule has 3 heteroatoms. The molecule has 14 heavy (non-hydrogen) atoms. The van der Waals surface area contributed by atoms with Gasteiger partial charge in [-0.25, -0.2) is 0 Å². The van der Waals surface area contributed by atoms with Crippen molar-refractivity contribution in [2.24, 2.45) is 5.73 Å². The van der Waals surface area contributed by atoms with Crippen LogP contribution in [0.1, 0.15) is 16.8 Å². The van der Waals surface area contributed by atoms with E-state index in [0.717, 1.165) is 15.7 Å². The van der Waals surface area contributed by atoms with Gasteiger partial charge in [-0.3, -0.25) is 0 Å². The first-order valence-corrected chi connectivity index (χ1v) is 5.40. The van der Waals surface area contributed by atoms with E-state index in [2.05, 4.69) is 46.9 Å². The quantitative estimate of drug-likeness (QED) is 0.805. The van der Waals surface area contributed by atoms with Crippen molar-refractivity contribution in [1.82, 2.24) is 4.98 Å². The Kier molecular flexibility index (Phi) is 2.37. The molecule has 1 heterocycles. The molecule has 0 atom stereocenters. The molecule has 0 fully saturated rings. The van der Waals surface area contributed by atoms with Crippen LogP contribution in [-0.4, -0.2) is 4.98 Å². The van der Waals surface area contributed by atoms with Gasteiger partial charge in [-0.15, -0.1) is 0 Å². The Balaban J connectivity index is 2.87. The molecular formula is C11H13BrN2. The van der Waals surface area contributed by atoms with Crippen molar-refractivity contribution < 1.29 is 0 Å². The molecule has 0 aliphatic heterocycles. The summed E-state index contributed by atoms with van der Waals surface area (Å²) < 4.78 is 1.14. The van der Waals surface area contributed by atoms with Gasteiger partial charge >= 0.3 is 0 Å². The molecule has 3 N–H and O–H groups in total. The number of nitrogens with one attached hydrogen (secondary N) is 1. The van der Waals surface area contributed by atoms with Gasteiger partial charge in [-0.05, 0) is 40.9 Å². The smallest absolute Gasteiger partial charge is 0.0606 e. The maximum absolute atomic E-state index is 5.71.